The smallest absolute Gasteiger partial charge is 0.237 e. The van der Waals surface area contributed by atoms with Crippen molar-refractivity contribution >= 4 is 5.91 Å². The van der Waals surface area contributed by atoms with Crippen molar-refractivity contribution in [3.05, 3.63) is 35.9 Å². The van der Waals surface area contributed by atoms with Crippen molar-refractivity contribution in [1.29, 1.82) is 0 Å². The zero-order valence-corrected chi connectivity index (χ0v) is 10.8. The highest BCUT2D eigenvalue weighted by atomic mass is 16.2. The van der Waals surface area contributed by atoms with Gasteiger partial charge in [0.1, 0.15) is 0 Å². The largest absolute Gasteiger partial charge is 0.353 e. The Morgan fingerprint density at radius 2 is 2.11 bits per heavy atom. The number of rotatable bonds is 4. The van der Waals surface area contributed by atoms with Gasteiger partial charge in [0.25, 0.3) is 0 Å². The molecule has 1 aliphatic heterocycles. The summed E-state index contributed by atoms with van der Waals surface area (Å²) < 4.78 is 0. The van der Waals surface area contributed by atoms with E-state index in [1.807, 2.05) is 18.2 Å². The quantitative estimate of drug-likeness (QED) is 0.824. The number of nitrogens with two attached hydrogens (primary N) is 1. The highest BCUT2D eigenvalue weighted by molar-refractivity contribution is 5.82. The summed E-state index contributed by atoms with van der Waals surface area (Å²) in [6, 6.07) is 10.5. The third-order valence-corrected chi connectivity index (χ3v) is 3.49. The molecule has 98 valence electrons. The number of nitrogens with zero attached hydrogens (tertiary/aromatic N) is 1. The molecular weight excluding hydrogens is 226 g/mol. The number of benzene rings is 1. The molecule has 2 atom stereocenters. The van der Waals surface area contributed by atoms with Crippen molar-refractivity contribution in [3.63, 3.8) is 0 Å². The lowest BCUT2D eigenvalue weighted by atomic mass is 10.0. The Kier molecular flexibility index (Phi) is 4.33. The van der Waals surface area contributed by atoms with Crippen molar-refractivity contribution < 1.29 is 4.79 Å². The lowest BCUT2D eigenvalue weighted by Gasteiger charge is -2.40. The summed E-state index contributed by atoms with van der Waals surface area (Å²) in [7, 11) is 0. The molecule has 4 nitrogen and oxygen atoms in total. The van der Waals surface area contributed by atoms with Gasteiger partial charge < -0.3 is 11.1 Å². The molecule has 1 fully saturated rings. The van der Waals surface area contributed by atoms with Crippen molar-refractivity contribution in [3.8, 4) is 0 Å². The van der Waals surface area contributed by atoms with Crippen LogP contribution in [0.5, 0.6) is 0 Å². The molecule has 18 heavy (non-hydrogen) atoms. The molecule has 2 unspecified atom stereocenters. The zero-order chi connectivity index (χ0) is 13.0. The third kappa shape index (κ3) is 2.89. The number of carbonyl (C=O) groups is 1. The van der Waals surface area contributed by atoms with Crippen molar-refractivity contribution in [1.82, 2.24) is 10.2 Å². The Balaban J connectivity index is 2.13. The van der Waals surface area contributed by atoms with Gasteiger partial charge in [-0.25, -0.2) is 0 Å². The van der Waals surface area contributed by atoms with Crippen LogP contribution in [0.15, 0.2) is 30.3 Å². The summed E-state index contributed by atoms with van der Waals surface area (Å²) in [5.41, 5.74) is 6.85. The van der Waals surface area contributed by atoms with Gasteiger partial charge in [0.05, 0.1) is 6.04 Å². The molecule has 1 aromatic carbocycles. The lowest BCUT2D eigenvalue weighted by molar-refractivity contribution is -0.131. The number of hydrogen-bond acceptors (Lipinski definition) is 3. The second-order valence-electron chi connectivity index (χ2n) is 4.85. The average molecular weight is 247 g/mol. The Labute approximate surface area is 108 Å². The second kappa shape index (κ2) is 5.98. The van der Waals surface area contributed by atoms with E-state index in [1.54, 1.807) is 0 Å². The van der Waals surface area contributed by atoms with Crippen molar-refractivity contribution in [2.75, 3.05) is 13.1 Å². The normalized spacial score (nSPS) is 24.9. The molecule has 1 aromatic rings. The predicted octanol–water partition coefficient (Wildman–Crippen LogP) is 0.724. The summed E-state index contributed by atoms with van der Waals surface area (Å²) in [6.45, 7) is 4.20. The summed E-state index contributed by atoms with van der Waals surface area (Å²) in [5.74, 6) is 0.106. The topological polar surface area (TPSA) is 58.4 Å². The average Bonchev–Trinajstić information content (AvgIpc) is 2.39. The molecule has 1 amide bonds. The zero-order valence-electron chi connectivity index (χ0n) is 10.8. The Morgan fingerprint density at radius 3 is 2.78 bits per heavy atom. The first-order valence-electron chi connectivity index (χ1n) is 6.50. The minimum Gasteiger partial charge on any atom is -0.353 e. The summed E-state index contributed by atoms with van der Waals surface area (Å²) in [6.07, 6.45) is 0.711. The molecule has 1 saturated heterocycles. The number of nitrogens with one attached hydrogen (secondary N) is 1. The van der Waals surface area contributed by atoms with E-state index in [1.165, 1.54) is 5.56 Å². The van der Waals surface area contributed by atoms with Crippen LogP contribution in [-0.4, -0.2) is 36.0 Å². The highest BCUT2D eigenvalue weighted by Gasteiger charge is 2.33. The minimum absolute atomic E-state index is 0.0982. The first-order valence-corrected chi connectivity index (χ1v) is 6.50. The van der Waals surface area contributed by atoms with Crippen LogP contribution < -0.4 is 11.1 Å². The molecule has 0 radical (unpaired) electrons. The van der Waals surface area contributed by atoms with Gasteiger partial charge in [-0.15, -0.1) is 0 Å². The molecule has 3 N–H and O–H groups in total. The van der Waals surface area contributed by atoms with Crippen LogP contribution in [0.25, 0.3) is 0 Å². The summed E-state index contributed by atoms with van der Waals surface area (Å²) in [5, 5.41) is 2.95. The molecule has 0 bridgehead atoms. The van der Waals surface area contributed by atoms with Gasteiger partial charge in [-0.3, -0.25) is 9.69 Å². The summed E-state index contributed by atoms with van der Waals surface area (Å²) in [4.78, 5) is 14.2. The third-order valence-electron chi connectivity index (χ3n) is 3.49. The number of amides is 1. The van der Waals surface area contributed by atoms with E-state index in [0.29, 0.717) is 25.6 Å². The van der Waals surface area contributed by atoms with E-state index >= 15 is 0 Å². The second-order valence-corrected chi connectivity index (χ2v) is 4.85. The van der Waals surface area contributed by atoms with Crippen LogP contribution >= 0.6 is 0 Å². The summed E-state index contributed by atoms with van der Waals surface area (Å²) >= 11 is 0. The molecule has 1 heterocycles. The highest BCUT2D eigenvalue weighted by Crippen LogP contribution is 2.17. The molecule has 1 aliphatic rings. The van der Waals surface area contributed by atoms with Gasteiger partial charge in [-0.05, 0) is 25.5 Å². The predicted molar refractivity (Wildman–Crippen MR) is 71.9 cm³/mol. The van der Waals surface area contributed by atoms with Crippen molar-refractivity contribution in [2.24, 2.45) is 5.73 Å². The fourth-order valence-electron chi connectivity index (χ4n) is 2.46. The first kappa shape index (κ1) is 13.1. The monoisotopic (exact) mass is 247 g/mol. The molecule has 0 aliphatic carbocycles. The van der Waals surface area contributed by atoms with Crippen LogP contribution in [0.1, 0.15) is 18.9 Å². The standard InChI is InChI=1S/C14H21N3O/c1-11-9-16-14(18)13(7-8-15)17(11)10-12-5-3-2-4-6-12/h2-6,11,13H,7-10,15H2,1H3,(H,16,18). The molecule has 4 heteroatoms. The van der Waals surface area contributed by atoms with Gasteiger partial charge in [0, 0.05) is 19.1 Å². The number of piperazine rings is 1. The van der Waals surface area contributed by atoms with E-state index in [2.05, 4.69) is 29.3 Å². The number of carbonyl (C=O) groups excluding carboxylic acids is 1. The van der Waals surface area contributed by atoms with Gasteiger partial charge in [0.2, 0.25) is 5.91 Å². The maximum absolute atomic E-state index is 11.9. The van der Waals surface area contributed by atoms with Crippen LogP contribution in [0.3, 0.4) is 0 Å². The first-order chi connectivity index (χ1) is 8.72. The Bertz CT molecular complexity index is 393. The van der Waals surface area contributed by atoms with Crippen LogP contribution in [0, 0.1) is 0 Å². The Hall–Kier alpha value is -1.39. The van der Waals surface area contributed by atoms with Crippen LogP contribution in [0.4, 0.5) is 0 Å². The maximum Gasteiger partial charge on any atom is 0.237 e. The molecule has 0 spiro atoms. The van der Waals surface area contributed by atoms with E-state index in [0.717, 1.165) is 6.54 Å². The van der Waals surface area contributed by atoms with Gasteiger partial charge in [0.15, 0.2) is 0 Å². The SMILES string of the molecule is CC1CNC(=O)C(CCN)N1Cc1ccccc1. The minimum atomic E-state index is -0.0982. The molecular formula is C14H21N3O. The van der Waals surface area contributed by atoms with Crippen molar-refractivity contribution in [2.45, 2.75) is 32.0 Å². The van der Waals surface area contributed by atoms with Crippen LogP contribution in [-0.2, 0) is 11.3 Å². The van der Waals surface area contributed by atoms with Crippen LogP contribution in [0.2, 0.25) is 0 Å². The maximum atomic E-state index is 11.9. The lowest BCUT2D eigenvalue weighted by Crippen LogP contribution is -2.59. The Morgan fingerprint density at radius 1 is 1.39 bits per heavy atom. The van der Waals surface area contributed by atoms with Gasteiger partial charge >= 0.3 is 0 Å². The molecule has 0 aromatic heterocycles. The van der Waals surface area contributed by atoms with Gasteiger partial charge in [-0.2, -0.15) is 0 Å². The van der Waals surface area contributed by atoms with Gasteiger partial charge in [-0.1, -0.05) is 30.3 Å². The fourth-order valence-corrected chi connectivity index (χ4v) is 2.46. The van der Waals surface area contributed by atoms with E-state index in [-0.39, 0.29) is 11.9 Å². The van der Waals surface area contributed by atoms with E-state index in [4.69, 9.17) is 5.73 Å². The van der Waals surface area contributed by atoms with E-state index in [9.17, 15) is 4.79 Å². The number of hydrogen-bond donors (Lipinski definition) is 2. The molecule has 0 saturated carbocycles. The van der Waals surface area contributed by atoms with E-state index < -0.39 is 0 Å². The fraction of sp³-hybridized carbons (Fsp3) is 0.500. The molecule has 2 rings (SSSR count).